The summed E-state index contributed by atoms with van der Waals surface area (Å²) in [5.74, 6) is 1.42. The Labute approximate surface area is 215 Å². The van der Waals surface area contributed by atoms with Crippen molar-refractivity contribution in [1.82, 2.24) is 14.8 Å². The SMILES string of the molecule is CC1CN(C)c2cc(NSCCO)ccc2C(=O)Nc2ccc(-n3cccn3)c(n2)NCCCCO1. The van der Waals surface area contributed by atoms with Crippen molar-refractivity contribution < 1.29 is 14.6 Å². The number of carbonyl (C=O) groups is 1. The van der Waals surface area contributed by atoms with Crippen molar-refractivity contribution in [2.45, 2.75) is 25.9 Å². The van der Waals surface area contributed by atoms with Gasteiger partial charge >= 0.3 is 0 Å². The minimum absolute atomic E-state index is 0.00651. The summed E-state index contributed by atoms with van der Waals surface area (Å²) in [7, 11) is 1.96. The van der Waals surface area contributed by atoms with Gasteiger partial charge in [-0.15, -0.1) is 0 Å². The van der Waals surface area contributed by atoms with E-state index in [1.165, 1.54) is 11.9 Å². The molecule has 0 radical (unpaired) electrons. The van der Waals surface area contributed by atoms with Crippen LogP contribution in [0.4, 0.5) is 23.0 Å². The molecule has 1 atom stereocenters. The van der Waals surface area contributed by atoms with Gasteiger partial charge in [-0.1, -0.05) is 11.9 Å². The minimum atomic E-state index is -0.252. The molecule has 1 aromatic carbocycles. The first-order valence-corrected chi connectivity index (χ1v) is 13.1. The number of fused-ring (bicyclic) bond motifs is 3. The monoisotopic (exact) mass is 511 g/mol. The van der Waals surface area contributed by atoms with Gasteiger partial charge < -0.3 is 30.1 Å². The number of rotatable bonds is 5. The molecule has 0 spiro atoms. The maximum atomic E-state index is 13.4. The van der Waals surface area contributed by atoms with Crippen LogP contribution in [0.3, 0.4) is 0 Å². The Morgan fingerprint density at radius 3 is 2.94 bits per heavy atom. The lowest BCUT2D eigenvalue weighted by atomic mass is 10.1. The molecule has 1 aliphatic heterocycles. The number of likely N-dealkylation sites (N-methyl/N-ethyl adjacent to an activating group) is 1. The van der Waals surface area contributed by atoms with Crippen molar-refractivity contribution in [3.63, 3.8) is 0 Å². The van der Waals surface area contributed by atoms with E-state index in [1.807, 2.05) is 49.3 Å². The molecule has 1 amide bonds. The van der Waals surface area contributed by atoms with Gasteiger partial charge in [0.05, 0.1) is 24.0 Å². The number of benzene rings is 1. The molecular formula is C25H33N7O3S. The average Bonchev–Trinajstić information content (AvgIpc) is 3.40. The van der Waals surface area contributed by atoms with Crippen LogP contribution >= 0.6 is 11.9 Å². The lowest BCUT2D eigenvalue weighted by Gasteiger charge is -2.26. The van der Waals surface area contributed by atoms with Crippen molar-refractivity contribution in [2.75, 3.05) is 59.4 Å². The van der Waals surface area contributed by atoms with Crippen molar-refractivity contribution in [3.8, 4) is 5.69 Å². The van der Waals surface area contributed by atoms with Crippen LogP contribution in [0, 0.1) is 0 Å². The quantitative estimate of drug-likeness (QED) is 0.301. The Balaban J connectivity index is 1.66. The molecule has 0 aliphatic carbocycles. The Bertz CT molecular complexity index is 1140. The van der Waals surface area contributed by atoms with Gasteiger partial charge in [0.2, 0.25) is 0 Å². The third-order valence-electron chi connectivity index (χ3n) is 5.70. The number of pyridine rings is 1. The summed E-state index contributed by atoms with van der Waals surface area (Å²) in [6.45, 7) is 4.14. The highest BCUT2D eigenvalue weighted by atomic mass is 32.2. The summed E-state index contributed by atoms with van der Waals surface area (Å²) in [5.41, 5.74) is 2.96. The number of hydrogen-bond donors (Lipinski definition) is 4. The molecule has 0 saturated heterocycles. The van der Waals surface area contributed by atoms with Crippen LogP contribution in [0.5, 0.6) is 0 Å². The van der Waals surface area contributed by atoms with Crippen molar-refractivity contribution >= 4 is 40.9 Å². The van der Waals surface area contributed by atoms with Crippen LogP contribution in [0.25, 0.3) is 5.69 Å². The second kappa shape index (κ2) is 12.6. The molecule has 4 rings (SSSR count). The predicted molar refractivity (Wildman–Crippen MR) is 145 cm³/mol. The molecule has 36 heavy (non-hydrogen) atoms. The zero-order chi connectivity index (χ0) is 25.3. The van der Waals surface area contributed by atoms with Crippen LogP contribution in [0.2, 0.25) is 0 Å². The maximum absolute atomic E-state index is 13.4. The van der Waals surface area contributed by atoms with E-state index in [4.69, 9.17) is 14.8 Å². The van der Waals surface area contributed by atoms with Gasteiger partial charge in [-0.05, 0) is 56.2 Å². The third kappa shape index (κ3) is 6.68. The Hall–Kier alpha value is -3.28. The van der Waals surface area contributed by atoms with Gasteiger partial charge in [-0.2, -0.15) is 5.10 Å². The van der Waals surface area contributed by atoms with Crippen molar-refractivity contribution in [2.24, 2.45) is 0 Å². The summed E-state index contributed by atoms with van der Waals surface area (Å²) < 4.78 is 11.0. The first-order valence-electron chi connectivity index (χ1n) is 12.1. The average molecular weight is 512 g/mol. The van der Waals surface area contributed by atoms with Crippen molar-refractivity contribution in [1.29, 1.82) is 0 Å². The normalized spacial score (nSPS) is 17.1. The molecule has 3 heterocycles. The van der Waals surface area contributed by atoms with E-state index in [1.54, 1.807) is 23.0 Å². The Kier molecular flexibility index (Phi) is 9.04. The highest BCUT2D eigenvalue weighted by molar-refractivity contribution is 8.00. The minimum Gasteiger partial charge on any atom is -0.395 e. The standard InChI is InChI=1S/C25H33N7O3S/c1-18-17-31(2)22-16-19(30-36-15-13-33)6-7-20(22)25(34)29-23-9-8-21(32-12-5-11-27-32)24(28-23)26-10-3-4-14-35-18/h5-9,11-12,16,18,30,33H,3-4,10,13-15,17H2,1-2H3,(H2,26,28,29,34). The van der Waals surface area contributed by atoms with E-state index in [-0.39, 0.29) is 18.6 Å². The van der Waals surface area contributed by atoms with Gasteiger partial charge in [-0.25, -0.2) is 9.67 Å². The lowest BCUT2D eigenvalue weighted by molar-refractivity contribution is 0.0689. The Morgan fingerprint density at radius 2 is 2.14 bits per heavy atom. The number of aromatic nitrogens is 3. The summed E-state index contributed by atoms with van der Waals surface area (Å²) in [4.78, 5) is 20.1. The molecule has 2 bridgehead atoms. The summed E-state index contributed by atoms with van der Waals surface area (Å²) in [6, 6.07) is 11.1. The van der Waals surface area contributed by atoms with Crippen LogP contribution in [0.15, 0.2) is 48.8 Å². The van der Waals surface area contributed by atoms with E-state index in [9.17, 15) is 4.79 Å². The van der Waals surface area contributed by atoms with Crippen LogP contribution in [-0.2, 0) is 4.74 Å². The first-order chi connectivity index (χ1) is 17.5. The summed E-state index contributed by atoms with van der Waals surface area (Å²) in [5, 5.41) is 19.8. The molecular weight excluding hydrogens is 478 g/mol. The van der Waals surface area contributed by atoms with E-state index < -0.39 is 0 Å². The molecule has 4 N–H and O–H groups in total. The number of aliphatic hydroxyl groups is 1. The number of nitrogens with one attached hydrogen (secondary N) is 3. The second-order valence-corrected chi connectivity index (χ2v) is 9.47. The number of carbonyl (C=O) groups excluding carboxylic acids is 1. The van der Waals surface area contributed by atoms with E-state index >= 15 is 0 Å². The largest absolute Gasteiger partial charge is 0.395 e. The molecule has 1 unspecified atom stereocenters. The van der Waals surface area contributed by atoms with Crippen LogP contribution in [-0.4, -0.2) is 71.0 Å². The topological polar surface area (TPSA) is 117 Å². The lowest BCUT2D eigenvalue weighted by Crippen LogP contribution is -2.31. The van der Waals surface area contributed by atoms with Gasteiger partial charge in [0, 0.05) is 50.6 Å². The molecule has 3 aromatic rings. The number of nitrogens with zero attached hydrogens (tertiary/aromatic N) is 4. The molecule has 2 aromatic heterocycles. The summed E-state index contributed by atoms with van der Waals surface area (Å²) in [6.07, 6.45) is 5.41. The van der Waals surface area contributed by atoms with Gasteiger partial charge in [0.1, 0.15) is 11.5 Å². The van der Waals surface area contributed by atoms with Gasteiger partial charge in [0.15, 0.2) is 5.82 Å². The van der Waals surface area contributed by atoms with Gasteiger partial charge in [-0.3, -0.25) is 4.79 Å². The highest BCUT2D eigenvalue weighted by Gasteiger charge is 2.19. The fourth-order valence-corrected chi connectivity index (χ4v) is 4.46. The third-order valence-corrected chi connectivity index (χ3v) is 6.47. The number of aliphatic hydroxyl groups excluding tert-OH is 1. The fraction of sp³-hybridized carbons (Fsp3) is 0.400. The number of ether oxygens (including phenoxy) is 1. The summed E-state index contributed by atoms with van der Waals surface area (Å²) >= 11 is 1.41. The molecule has 11 heteroatoms. The molecule has 1 aliphatic rings. The maximum Gasteiger partial charge on any atom is 0.258 e. The second-order valence-electron chi connectivity index (χ2n) is 8.57. The fourth-order valence-electron chi connectivity index (χ4n) is 3.97. The Morgan fingerprint density at radius 1 is 1.25 bits per heavy atom. The van der Waals surface area contributed by atoms with Crippen LogP contribution < -0.4 is 20.3 Å². The van der Waals surface area contributed by atoms with Crippen LogP contribution in [0.1, 0.15) is 30.1 Å². The van der Waals surface area contributed by atoms with Gasteiger partial charge in [0.25, 0.3) is 5.91 Å². The molecule has 0 saturated carbocycles. The van der Waals surface area contributed by atoms with Crippen molar-refractivity contribution in [3.05, 3.63) is 54.4 Å². The molecule has 192 valence electrons. The van der Waals surface area contributed by atoms with E-state index in [2.05, 4.69) is 20.5 Å². The smallest absolute Gasteiger partial charge is 0.258 e. The first kappa shape index (κ1) is 25.8. The predicted octanol–water partition coefficient (Wildman–Crippen LogP) is 3.62. The number of anilines is 4. The zero-order valence-electron chi connectivity index (χ0n) is 20.6. The molecule has 10 nitrogen and oxygen atoms in total. The highest BCUT2D eigenvalue weighted by Crippen LogP contribution is 2.28. The molecule has 0 fully saturated rings. The number of amides is 1. The zero-order valence-corrected chi connectivity index (χ0v) is 21.4. The van der Waals surface area contributed by atoms with E-state index in [0.717, 1.165) is 36.4 Å². The number of hydrogen-bond acceptors (Lipinski definition) is 9. The van der Waals surface area contributed by atoms with E-state index in [0.29, 0.717) is 36.1 Å².